The van der Waals surface area contributed by atoms with E-state index in [1.807, 2.05) is 12.1 Å². The molecular weight excluding hydrogens is 250 g/mol. The number of ether oxygens (including phenoxy) is 1. The molecule has 0 aliphatic carbocycles. The SMILES string of the molecule is CCCNC(CC)c1cc2cccc(OCCC)c2o1. The second kappa shape index (κ2) is 7.34. The van der Waals surface area contributed by atoms with E-state index in [9.17, 15) is 0 Å². The van der Waals surface area contributed by atoms with E-state index < -0.39 is 0 Å². The largest absolute Gasteiger partial charge is 0.490 e. The van der Waals surface area contributed by atoms with Gasteiger partial charge in [0.1, 0.15) is 5.76 Å². The molecule has 110 valence electrons. The molecule has 0 aliphatic rings. The maximum absolute atomic E-state index is 6.06. The van der Waals surface area contributed by atoms with Crippen LogP contribution in [0.4, 0.5) is 0 Å². The van der Waals surface area contributed by atoms with Gasteiger partial charge in [0.05, 0.1) is 12.6 Å². The van der Waals surface area contributed by atoms with Gasteiger partial charge in [-0.05, 0) is 37.9 Å². The molecule has 2 rings (SSSR count). The summed E-state index contributed by atoms with van der Waals surface area (Å²) in [5.74, 6) is 1.85. The molecule has 0 radical (unpaired) electrons. The van der Waals surface area contributed by atoms with Crippen LogP contribution in [0.1, 0.15) is 51.8 Å². The summed E-state index contributed by atoms with van der Waals surface area (Å²) in [4.78, 5) is 0. The van der Waals surface area contributed by atoms with Gasteiger partial charge in [0.15, 0.2) is 11.3 Å². The third-order valence-corrected chi connectivity index (χ3v) is 3.38. The Bertz CT molecular complexity index is 533. The predicted octanol–water partition coefficient (Wildman–Crippen LogP) is 4.67. The van der Waals surface area contributed by atoms with Crippen molar-refractivity contribution < 1.29 is 9.15 Å². The van der Waals surface area contributed by atoms with E-state index in [4.69, 9.17) is 9.15 Å². The molecule has 0 aliphatic heterocycles. The first-order valence-electron chi connectivity index (χ1n) is 7.68. The van der Waals surface area contributed by atoms with Crippen molar-refractivity contribution in [1.29, 1.82) is 0 Å². The van der Waals surface area contributed by atoms with E-state index in [1.54, 1.807) is 0 Å². The second-order valence-electron chi connectivity index (χ2n) is 5.09. The first kappa shape index (κ1) is 14.9. The predicted molar refractivity (Wildman–Crippen MR) is 83.3 cm³/mol. The Balaban J connectivity index is 2.27. The molecule has 3 heteroatoms. The zero-order valence-corrected chi connectivity index (χ0v) is 12.7. The molecule has 0 saturated heterocycles. The highest BCUT2D eigenvalue weighted by molar-refractivity contribution is 5.83. The third-order valence-electron chi connectivity index (χ3n) is 3.38. The van der Waals surface area contributed by atoms with Crippen LogP contribution in [-0.4, -0.2) is 13.2 Å². The van der Waals surface area contributed by atoms with Gasteiger partial charge in [-0.15, -0.1) is 0 Å². The summed E-state index contributed by atoms with van der Waals surface area (Å²) in [5.41, 5.74) is 0.868. The minimum absolute atomic E-state index is 0.279. The average Bonchev–Trinajstić information content (AvgIpc) is 2.90. The zero-order valence-electron chi connectivity index (χ0n) is 12.7. The molecule has 0 amide bonds. The fourth-order valence-electron chi connectivity index (χ4n) is 2.32. The minimum Gasteiger partial charge on any atom is -0.490 e. The quantitative estimate of drug-likeness (QED) is 0.760. The normalized spacial score (nSPS) is 12.8. The Morgan fingerprint density at radius 1 is 1.20 bits per heavy atom. The lowest BCUT2D eigenvalue weighted by atomic mass is 10.1. The van der Waals surface area contributed by atoms with Gasteiger partial charge in [-0.25, -0.2) is 0 Å². The van der Waals surface area contributed by atoms with Crippen LogP contribution >= 0.6 is 0 Å². The fourth-order valence-corrected chi connectivity index (χ4v) is 2.32. The van der Waals surface area contributed by atoms with E-state index >= 15 is 0 Å². The summed E-state index contributed by atoms with van der Waals surface area (Å²) < 4.78 is 11.8. The molecule has 0 spiro atoms. The highest BCUT2D eigenvalue weighted by atomic mass is 16.5. The van der Waals surface area contributed by atoms with E-state index in [0.717, 1.165) is 54.9 Å². The molecule has 0 saturated carbocycles. The van der Waals surface area contributed by atoms with Crippen molar-refractivity contribution in [2.24, 2.45) is 0 Å². The van der Waals surface area contributed by atoms with Crippen LogP contribution in [0, 0.1) is 0 Å². The van der Waals surface area contributed by atoms with Gasteiger partial charge < -0.3 is 14.5 Å². The van der Waals surface area contributed by atoms with Gasteiger partial charge in [0.2, 0.25) is 0 Å². The van der Waals surface area contributed by atoms with Crippen LogP contribution < -0.4 is 10.1 Å². The Morgan fingerprint density at radius 3 is 2.75 bits per heavy atom. The maximum atomic E-state index is 6.06. The Hall–Kier alpha value is -1.48. The monoisotopic (exact) mass is 275 g/mol. The summed E-state index contributed by atoms with van der Waals surface area (Å²) in [5, 5.41) is 4.64. The highest BCUT2D eigenvalue weighted by Gasteiger charge is 2.15. The van der Waals surface area contributed by atoms with Crippen molar-refractivity contribution in [2.75, 3.05) is 13.2 Å². The molecule has 1 N–H and O–H groups in total. The summed E-state index contributed by atoms with van der Waals surface area (Å²) in [6.07, 6.45) is 3.14. The third kappa shape index (κ3) is 3.34. The Morgan fingerprint density at radius 2 is 2.05 bits per heavy atom. The summed E-state index contributed by atoms with van der Waals surface area (Å²) in [6, 6.07) is 8.48. The molecule has 0 fully saturated rings. The zero-order chi connectivity index (χ0) is 14.4. The lowest BCUT2D eigenvalue weighted by Gasteiger charge is -2.13. The van der Waals surface area contributed by atoms with Crippen molar-refractivity contribution in [3.05, 3.63) is 30.0 Å². The smallest absolute Gasteiger partial charge is 0.176 e. The lowest BCUT2D eigenvalue weighted by molar-refractivity contribution is 0.314. The molecule has 3 nitrogen and oxygen atoms in total. The highest BCUT2D eigenvalue weighted by Crippen LogP contribution is 2.32. The second-order valence-corrected chi connectivity index (χ2v) is 5.09. The van der Waals surface area contributed by atoms with Crippen molar-refractivity contribution >= 4 is 11.0 Å². The van der Waals surface area contributed by atoms with Gasteiger partial charge in [-0.2, -0.15) is 0 Å². The van der Waals surface area contributed by atoms with Crippen molar-refractivity contribution in [2.45, 2.75) is 46.1 Å². The first-order chi connectivity index (χ1) is 9.80. The molecule has 1 heterocycles. The number of hydrogen-bond donors (Lipinski definition) is 1. The van der Waals surface area contributed by atoms with Gasteiger partial charge in [-0.1, -0.05) is 32.9 Å². The van der Waals surface area contributed by atoms with Crippen molar-refractivity contribution in [1.82, 2.24) is 5.32 Å². The van der Waals surface area contributed by atoms with E-state index in [2.05, 4.69) is 38.2 Å². The van der Waals surface area contributed by atoms with Crippen LogP contribution in [0.2, 0.25) is 0 Å². The van der Waals surface area contributed by atoms with E-state index in [1.165, 1.54) is 0 Å². The van der Waals surface area contributed by atoms with Gasteiger partial charge in [0.25, 0.3) is 0 Å². The number of nitrogens with one attached hydrogen (secondary N) is 1. The molecule has 1 atom stereocenters. The number of rotatable bonds is 8. The van der Waals surface area contributed by atoms with Crippen LogP contribution in [0.15, 0.2) is 28.7 Å². The molecule has 1 aromatic heterocycles. The summed E-state index contributed by atoms with van der Waals surface area (Å²) in [7, 11) is 0. The van der Waals surface area contributed by atoms with Crippen molar-refractivity contribution in [3.63, 3.8) is 0 Å². The molecule has 20 heavy (non-hydrogen) atoms. The molecular formula is C17H25NO2. The number of hydrogen-bond acceptors (Lipinski definition) is 3. The summed E-state index contributed by atoms with van der Waals surface area (Å²) in [6.45, 7) is 8.19. The van der Waals surface area contributed by atoms with Gasteiger partial charge in [-0.3, -0.25) is 0 Å². The van der Waals surface area contributed by atoms with E-state index in [0.29, 0.717) is 0 Å². The molecule has 0 bridgehead atoms. The fraction of sp³-hybridized carbons (Fsp3) is 0.529. The lowest BCUT2D eigenvalue weighted by Crippen LogP contribution is -2.20. The topological polar surface area (TPSA) is 34.4 Å². The number of benzene rings is 1. The number of para-hydroxylation sites is 1. The Kier molecular flexibility index (Phi) is 5.48. The van der Waals surface area contributed by atoms with E-state index in [-0.39, 0.29) is 6.04 Å². The van der Waals surface area contributed by atoms with Crippen LogP contribution in [0.25, 0.3) is 11.0 Å². The Labute approximate surface area is 121 Å². The minimum atomic E-state index is 0.279. The maximum Gasteiger partial charge on any atom is 0.176 e. The number of furan rings is 1. The van der Waals surface area contributed by atoms with Crippen LogP contribution in [-0.2, 0) is 0 Å². The van der Waals surface area contributed by atoms with Crippen LogP contribution in [0.5, 0.6) is 5.75 Å². The van der Waals surface area contributed by atoms with Crippen LogP contribution in [0.3, 0.4) is 0 Å². The average molecular weight is 275 g/mol. The summed E-state index contributed by atoms with van der Waals surface area (Å²) >= 11 is 0. The van der Waals surface area contributed by atoms with Gasteiger partial charge in [0, 0.05) is 5.39 Å². The molecule has 2 aromatic rings. The first-order valence-corrected chi connectivity index (χ1v) is 7.68. The molecule has 1 aromatic carbocycles. The standard InChI is InChI=1S/C17H25NO2/c1-4-10-18-14(6-3)16-12-13-8-7-9-15(17(13)20-16)19-11-5-2/h7-9,12,14,18H,4-6,10-11H2,1-3H3. The number of fused-ring (bicyclic) bond motifs is 1. The van der Waals surface area contributed by atoms with Gasteiger partial charge >= 0.3 is 0 Å². The van der Waals surface area contributed by atoms with Crippen molar-refractivity contribution in [3.8, 4) is 5.75 Å². The molecule has 1 unspecified atom stereocenters.